The highest BCUT2D eigenvalue weighted by Crippen LogP contribution is 2.26. The van der Waals surface area contributed by atoms with Gasteiger partial charge in [-0.2, -0.15) is 0 Å². The maximum absolute atomic E-state index is 13.9. The number of hydrogen-bond acceptors (Lipinski definition) is 5. The first-order chi connectivity index (χ1) is 12.3. The van der Waals surface area contributed by atoms with Gasteiger partial charge in [0.05, 0.1) is 4.90 Å². The van der Waals surface area contributed by atoms with Gasteiger partial charge in [-0.05, 0) is 36.8 Å². The molecule has 136 valence electrons. The number of anilines is 1. The van der Waals surface area contributed by atoms with Crippen LogP contribution in [0.15, 0.2) is 53.7 Å². The molecular weight excluding hydrogens is 355 g/mol. The number of halogens is 1. The molecule has 3 aromatic rings. The van der Waals surface area contributed by atoms with Crippen LogP contribution in [0, 0.1) is 5.82 Å². The fraction of sp³-hybridized carbons (Fsp3) is 0.222. The maximum atomic E-state index is 13.9. The van der Waals surface area contributed by atoms with E-state index in [0.29, 0.717) is 11.2 Å². The predicted octanol–water partition coefficient (Wildman–Crippen LogP) is 3.19. The first-order valence-electron chi connectivity index (χ1n) is 7.99. The minimum atomic E-state index is -3.46. The molecule has 26 heavy (non-hydrogen) atoms. The third-order valence-corrected chi connectivity index (χ3v) is 5.96. The second-order valence-corrected chi connectivity index (χ2v) is 8.23. The molecule has 1 atom stereocenters. The van der Waals surface area contributed by atoms with Crippen molar-refractivity contribution in [2.75, 3.05) is 19.4 Å². The number of nitrogens with one attached hydrogen (secondary N) is 1. The molecule has 0 spiro atoms. The van der Waals surface area contributed by atoms with E-state index in [2.05, 4.69) is 15.3 Å². The van der Waals surface area contributed by atoms with Crippen LogP contribution in [-0.2, 0) is 10.0 Å². The third-order valence-electron chi connectivity index (χ3n) is 4.13. The van der Waals surface area contributed by atoms with Gasteiger partial charge in [0.25, 0.3) is 0 Å². The number of aromatic nitrogens is 2. The van der Waals surface area contributed by atoms with Crippen molar-refractivity contribution in [1.29, 1.82) is 0 Å². The van der Waals surface area contributed by atoms with Crippen molar-refractivity contribution in [3.63, 3.8) is 0 Å². The number of benzene rings is 2. The van der Waals surface area contributed by atoms with E-state index in [9.17, 15) is 12.8 Å². The summed E-state index contributed by atoms with van der Waals surface area (Å²) in [5.74, 6) is 0.117. The lowest BCUT2D eigenvalue weighted by atomic mass is 10.1. The van der Waals surface area contributed by atoms with Gasteiger partial charge in [0.15, 0.2) is 0 Å². The zero-order valence-corrected chi connectivity index (χ0v) is 15.5. The zero-order chi connectivity index (χ0) is 18.9. The van der Waals surface area contributed by atoms with Gasteiger partial charge in [0.1, 0.15) is 23.5 Å². The molecule has 0 aliphatic heterocycles. The SMILES string of the molecule is C[C@H](Nc1ncnc2c(F)cccc12)c1ccc(S(=O)(=O)N(C)C)cc1. The molecule has 0 amide bonds. The largest absolute Gasteiger partial charge is 0.363 e. The van der Waals surface area contributed by atoms with Gasteiger partial charge in [-0.25, -0.2) is 27.1 Å². The standard InChI is InChI=1S/C18H19FN4O2S/c1-12(13-7-9-14(10-8-13)26(24,25)23(2)3)22-18-15-5-4-6-16(19)17(15)20-11-21-18/h4-12H,1-3H3,(H,20,21,22)/t12-/m0/s1. The maximum Gasteiger partial charge on any atom is 0.242 e. The number of rotatable bonds is 5. The van der Waals surface area contributed by atoms with Gasteiger partial charge in [-0.1, -0.05) is 18.2 Å². The highest BCUT2D eigenvalue weighted by atomic mass is 32.2. The summed E-state index contributed by atoms with van der Waals surface area (Å²) in [6.45, 7) is 1.92. The molecule has 1 aromatic heterocycles. The van der Waals surface area contributed by atoms with Crippen molar-refractivity contribution in [2.45, 2.75) is 17.9 Å². The Kier molecular flexibility index (Phi) is 4.88. The molecule has 0 saturated heterocycles. The summed E-state index contributed by atoms with van der Waals surface area (Å²) in [7, 11) is -0.476. The van der Waals surface area contributed by atoms with Crippen LogP contribution in [-0.4, -0.2) is 36.8 Å². The normalized spacial score (nSPS) is 13.1. The Morgan fingerprint density at radius 3 is 2.42 bits per heavy atom. The van der Waals surface area contributed by atoms with E-state index < -0.39 is 15.8 Å². The van der Waals surface area contributed by atoms with Gasteiger partial charge in [0, 0.05) is 25.5 Å². The van der Waals surface area contributed by atoms with E-state index in [1.54, 1.807) is 36.4 Å². The number of nitrogens with zero attached hydrogens (tertiary/aromatic N) is 3. The molecule has 0 radical (unpaired) electrons. The van der Waals surface area contributed by atoms with Crippen LogP contribution in [0.25, 0.3) is 10.9 Å². The van der Waals surface area contributed by atoms with Crippen molar-refractivity contribution in [3.05, 3.63) is 60.2 Å². The van der Waals surface area contributed by atoms with Gasteiger partial charge in [-0.15, -0.1) is 0 Å². The first-order valence-corrected chi connectivity index (χ1v) is 9.43. The van der Waals surface area contributed by atoms with Crippen LogP contribution >= 0.6 is 0 Å². The predicted molar refractivity (Wildman–Crippen MR) is 98.8 cm³/mol. The van der Waals surface area contributed by atoms with Gasteiger partial charge in [-0.3, -0.25) is 0 Å². The van der Waals surface area contributed by atoms with Crippen molar-refractivity contribution in [3.8, 4) is 0 Å². The topological polar surface area (TPSA) is 75.2 Å². The second kappa shape index (κ2) is 6.97. The number of sulfonamides is 1. The summed E-state index contributed by atoms with van der Waals surface area (Å²) < 4.78 is 39.3. The summed E-state index contributed by atoms with van der Waals surface area (Å²) in [6, 6.07) is 11.2. The quantitative estimate of drug-likeness (QED) is 0.742. The van der Waals surface area contributed by atoms with Crippen LogP contribution in [0.1, 0.15) is 18.5 Å². The van der Waals surface area contributed by atoms with E-state index in [-0.39, 0.29) is 16.5 Å². The lowest BCUT2D eigenvalue weighted by Crippen LogP contribution is -2.22. The summed E-state index contributed by atoms with van der Waals surface area (Å²) in [5, 5.41) is 3.82. The zero-order valence-electron chi connectivity index (χ0n) is 14.6. The van der Waals surface area contributed by atoms with Gasteiger partial charge < -0.3 is 5.32 Å². The van der Waals surface area contributed by atoms with Gasteiger partial charge in [0.2, 0.25) is 10.0 Å². The Balaban J connectivity index is 1.87. The Labute approximate surface area is 151 Å². The summed E-state index contributed by atoms with van der Waals surface area (Å²) in [4.78, 5) is 8.41. The van der Waals surface area contributed by atoms with E-state index >= 15 is 0 Å². The molecule has 0 fully saturated rings. The van der Waals surface area contributed by atoms with Crippen molar-refractivity contribution in [1.82, 2.24) is 14.3 Å². The minimum absolute atomic E-state index is 0.160. The molecule has 1 N–H and O–H groups in total. The lowest BCUT2D eigenvalue weighted by molar-refractivity contribution is 0.520. The lowest BCUT2D eigenvalue weighted by Gasteiger charge is -2.17. The first kappa shape index (κ1) is 18.2. The molecule has 0 unspecified atom stereocenters. The second-order valence-electron chi connectivity index (χ2n) is 6.08. The molecule has 3 rings (SSSR count). The highest BCUT2D eigenvalue weighted by molar-refractivity contribution is 7.89. The van der Waals surface area contributed by atoms with Crippen LogP contribution in [0.5, 0.6) is 0 Å². The molecule has 0 aliphatic rings. The van der Waals surface area contributed by atoms with E-state index in [0.717, 1.165) is 5.56 Å². The van der Waals surface area contributed by atoms with E-state index in [4.69, 9.17) is 0 Å². The molecule has 6 nitrogen and oxygen atoms in total. The van der Waals surface area contributed by atoms with Crippen LogP contribution in [0.2, 0.25) is 0 Å². The average molecular weight is 374 g/mol. The molecule has 0 bridgehead atoms. The molecule has 0 saturated carbocycles. The van der Waals surface area contributed by atoms with Crippen molar-refractivity contribution in [2.24, 2.45) is 0 Å². The Morgan fingerprint density at radius 1 is 1.08 bits per heavy atom. The van der Waals surface area contributed by atoms with Crippen molar-refractivity contribution >= 4 is 26.7 Å². The van der Waals surface area contributed by atoms with Crippen molar-refractivity contribution < 1.29 is 12.8 Å². The fourth-order valence-electron chi connectivity index (χ4n) is 2.59. The Morgan fingerprint density at radius 2 is 1.77 bits per heavy atom. The minimum Gasteiger partial charge on any atom is -0.363 e. The highest BCUT2D eigenvalue weighted by Gasteiger charge is 2.17. The Bertz CT molecular complexity index is 1040. The molecule has 2 aromatic carbocycles. The fourth-order valence-corrected chi connectivity index (χ4v) is 3.50. The summed E-state index contributed by atoms with van der Waals surface area (Å²) in [5.41, 5.74) is 1.13. The molecule has 8 heteroatoms. The monoisotopic (exact) mass is 374 g/mol. The molecule has 1 heterocycles. The van der Waals surface area contributed by atoms with Crippen LogP contribution in [0.4, 0.5) is 10.2 Å². The number of para-hydroxylation sites is 1. The van der Waals surface area contributed by atoms with E-state index in [1.807, 2.05) is 6.92 Å². The Hall–Kier alpha value is -2.58. The molecule has 0 aliphatic carbocycles. The average Bonchev–Trinajstić information content (AvgIpc) is 2.62. The third kappa shape index (κ3) is 3.38. The summed E-state index contributed by atoms with van der Waals surface area (Å²) >= 11 is 0. The number of fused-ring (bicyclic) bond motifs is 1. The summed E-state index contributed by atoms with van der Waals surface area (Å²) in [6.07, 6.45) is 1.31. The number of hydrogen-bond donors (Lipinski definition) is 1. The van der Waals surface area contributed by atoms with Gasteiger partial charge >= 0.3 is 0 Å². The van der Waals surface area contributed by atoms with E-state index in [1.165, 1.54) is 30.8 Å². The smallest absolute Gasteiger partial charge is 0.242 e. The molecular formula is C18H19FN4O2S. The van der Waals surface area contributed by atoms with Crippen LogP contribution < -0.4 is 5.32 Å². The van der Waals surface area contributed by atoms with Crippen LogP contribution in [0.3, 0.4) is 0 Å².